The Morgan fingerprint density at radius 1 is 1.05 bits per heavy atom. The van der Waals surface area contributed by atoms with Gasteiger partial charge in [0.05, 0.1) is 10.0 Å². The zero-order valence-electron chi connectivity index (χ0n) is 12.3. The van der Waals surface area contributed by atoms with Gasteiger partial charge in [-0.3, -0.25) is 0 Å². The van der Waals surface area contributed by atoms with Crippen molar-refractivity contribution in [2.24, 2.45) is 0 Å². The molecule has 1 unspecified atom stereocenters. The van der Waals surface area contributed by atoms with E-state index in [9.17, 15) is 0 Å². The molecule has 1 aliphatic heterocycles. The van der Waals surface area contributed by atoms with Crippen LogP contribution in [-0.4, -0.2) is 13.1 Å². The van der Waals surface area contributed by atoms with Gasteiger partial charge in [0.2, 0.25) is 0 Å². The average Bonchev–Trinajstić information content (AvgIpc) is 2.57. The number of benzene rings is 2. The van der Waals surface area contributed by atoms with E-state index in [4.69, 9.17) is 27.9 Å². The summed E-state index contributed by atoms with van der Waals surface area (Å²) in [7, 11) is 0. The van der Waals surface area contributed by atoms with Gasteiger partial charge in [0.15, 0.2) is 0 Å². The fraction of sp³-hybridized carbons (Fsp3) is 0.333. The summed E-state index contributed by atoms with van der Waals surface area (Å²) in [5, 5.41) is 4.57. The first kappa shape index (κ1) is 15.7. The highest BCUT2D eigenvalue weighted by Crippen LogP contribution is 2.26. The number of piperidine rings is 1. The van der Waals surface area contributed by atoms with E-state index in [1.54, 1.807) is 6.07 Å². The minimum Gasteiger partial charge on any atom is -0.489 e. The lowest BCUT2D eigenvalue weighted by molar-refractivity contribution is 0.306. The van der Waals surface area contributed by atoms with Gasteiger partial charge in [0, 0.05) is 6.54 Å². The van der Waals surface area contributed by atoms with Crippen molar-refractivity contribution in [2.45, 2.75) is 25.4 Å². The predicted octanol–water partition coefficient (Wildman–Crippen LogP) is 5.04. The Morgan fingerprint density at radius 2 is 1.86 bits per heavy atom. The maximum atomic E-state index is 6.01. The van der Waals surface area contributed by atoms with Crippen LogP contribution in [0.1, 0.15) is 29.9 Å². The summed E-state index contributed by atoms with van der Waals surface area (Å²) in [6, 6.07) is 14.0. The van der Waals surface area contributed by atoms with E-state index in [0.717, 1.165) is 24.4 Å². The van der Waals surface area contributed by atoms with Gasteiger partial charge >= 0.3 is 0 Å². The monoisotopic (exact) mass is 335 g/mol. The quantitative estimate of drug-likeness (QED) is 0.845. The van der Waals surface area contributed by atoms with Crippen LogP contribution in [0.5, 0.6) is 5.75 Å². The molecule has 2 aromatic rings. The number of hydrogen-bond acceptors (Lipinski definition) is 2. The number of hydrogen-bond donors (Lipinski definition) is 1. The maximum absolute atomic E-state index is 6.01. The van der Waals surface area contributed by atoms with Gasteiger partial charge in [0.25, 0.3) is 0 Å². The predicted molar refractivity (Wildman–Crippen MR) is 92.1 cm³/mol. The van der Waals surface area contributed by atoms with Crippen molar-refractivity contribution in [3.8, 4) is 5.75 Å². The Morgan fingerprint density at radius 3 is 2.55 bits per heavy atom. The zero-order valence-corrected chi connectivity index (χ0v) is 13.8. The lowest BCUT2D eigenvalue weighted by atomic mass is 9.92. The van der Waals surface area contributed by atoms with Crippen molar-refractivity contribution in [3.63, 3.8) is 0 Å². The summed E-state index contributed by atoms with van der Waals surface area (Å²) >= 11 is 11.9. The van der Waals surface area contributed by atoms with Gasteiger partial charge < -0.3 is 10.1 Å². The third kappa shape index (κ3) is 3.95. The van der Waals surface area contributed by atoms with E-state index in [0.29, 0.717) is 22.6 Å². The van der Waals surface area contributed by atoms with Crippen LogP contribution < -0.4 is 10.1 Å². The molecule has 2 nitrogen and oxygen atoms in total. The maximum Gasteiger partial charge on any atom is 0.119 e. The standard InChI is InChI=1S/C18H19Cl2NO/c19-17-8-3-13(10-18(17)20)12-22-16-6-4-14(5-7-16)15-2-1-9-21-11-15/h3-8,10,15,21H,1-2,9,11-12H2. The second kappa shape index (κ2) is 7.36. The van der Waals surface area contributed by atoms with Crippen LogP contribution >= 0.6 is 23.2 Å². The number of nitrogens with one attached hydrogen (secondary N) is 1. The molecule has 22 heavy (non-hydrogen) atoms. The van der Waals surface area contributed by atoms with Crippen molar-refractivity contribution < 1.29 is 4.74 Å². The van der Waals surface area contributed by atoms with E-state index in [-0.39, 0.29) is 0 Å². The van der Waals surface area contributed by atoms with Crippen molar-refractivity contribution in [2.75, 3.05) is 13.1 Å². The summed E-state index contributed by atoms with van der Waals surface area (Å²) in [4.78, 5) is 0. The number of halogens is 2. The SMILES string of the molecule is Clc1ccc(COc2ccc(C3CCCNC3)cc2)cc1Cl. The normalized spacial score (nSPS) is 18.2. The first-order valence-electron chi connectivity index (χ1n) is 7.60. The molecule has 1 heterocycles. The third-order valence-electron chi connectivity index (χ3n) is 4.04. The Balaban J connectivity index is 1.59. The van der Waals surface area contributed by atoms with Crippen LogP contribution in [0.4, 0.5) is 0 Å². The molecule has 3 rings (SSSR count). The van der Waals surface area contributed by atoms with E-state index in [2.05, 4.69) is 17.4 Å². The van der Waals surface area contributed by atoms with E-state index in [1.807, 2.05) is 24.3 Å². The largest absolute Gasteiger partial charge is 0.489 e. The van der Waals surface area contributed by atoms with Crippen LogP contribution in [0.3, 0.4) is 0 Å². The van der Waals surface area contributed by atoms with Crippen LogP contribution in [0, 0.1) is 0 Å². The molecule has 0 aliphatic carbocycles. The molecule has 0 amide bonds. The molecule has 0 aromatic heterocycles. The topological polar surface area (TPSA) is 21.3 Å². The molecule has 1 N–H and O–H groups in total. The van der Waals surface area contributed by atoms with Gasteiger partial charge in [-0.2, -0.15) is 0 Å². The summed E-state index contributed by atoms with van der Waals surface area (Å²) in [5.74, 6) is 1.50. The average molecular weight is 336 g/mol. The highest BCUT2D eigenvalue weighted by Gasteiger charge is 2.14. The highest BCUT2D eigenvalue weighted by atomic mass is 35.5. The Hall–Kier alpha value is -1.22. The smallest absolute Gasteiger partial charge is 0.119 e. The minimum atomic E-state index is 0.487. The third-order valence-corrected chi connectivity index (χ3v) is 4.78. The molecular formula is C18H19Cl2NO. The summed E-state index contributed by atoms with van der Waals surface area (Å²) < 4.78 is 5.81. The molecule has 2 aromatic carbocycles. The van der Waals surface area contributed by atoms with E-state index < -0.39 is 0 Å². The van der Waals surface area contributed by atoms with Gasteiger partial charge in [-0.15, -0.1) is 0 Å². The fourth-order valence-electron chi connectivity index (χ4n) is 2.77. The summed E-state index contributed by atoms with van der Waals surface area (Å²) in [5.41, 5.74) is 2.39. The van der Waals surface area contributed by atoms with Crippen LogP contribution in [0.15, 0.2) is 42.5 Å². The fourth-order valence-corrected chi connectivity index (χ4v) is 3.09. The van der Waals surface area contributed by atoms with Crippen LogP contribution in [0.25, 0.3) is 0 Å². The Kier molecular flexibility index (Phi) is 5.24. The van der Waals surface area contributed by atoms with Crippen molar-refractivity contribution >= 4 is 23.2 Å². The van der Waals surface area contributed by atoms with Crippen molar-refractivity contribution in [1.29, 1.82) is 0 Å². The molecule has 1 aliphatic rings. The lowest BCUT2D eigenvalue weighted by Gasteiger charge is -2.23. The molecule has 0 radical (unpaired) electrons. The second-order valence-corrected chi connectivity index (χ2v) is 6.46. The van der Waals surface area contributed by atoms with Gasteiger partial charge in [-0.25, -0.2) is 0 Å². The molecular weight excluding hydrogens is 317 g/mol. The van der Waals surface area contributed by atoms with Gasteiger partial charge in [0.1, 0.15) is 12.4 Å². The zero-order chi connectivity index (χ0) is 15.4. The van der Waals surface area contributed by atoms with Gasteiger partial charge in [-0.05, 0) is 60.7 Å². The molecule has 1 atom stereocenters. The summed E-state index contributed by atoms with van der Waals surface area (Å²) in [6.45, 7) is 2.70. The Bertz CT molecular complexity index is 621. The molecule has 116 valence electrons. The number of ether oxygens (including phenoxy) is 1. The lowest BCUT2D eigenvalue weighted by Crippen LogP contribution is -2.28. The van der Waals surface area contributed by atoms with E-state index >= 15 is 0 Å². The van der Waals surface area contributed by atoms with Crippen molar-refractivity contribution in [1.82, 2.24) is 5.32 Å². The highest BCUT2D eigenvalue weighted by molar-refractivity contribution is 6.42. The van der Waals surface area contributed by atoms with Crippen LogP contribution in [0.2, 0.25) is 10.0 Å². The summed E-state index contributed by atoms with van der Waals surface area (Å²) in [6.07, 6.45) is 2.51. The van der Waals surface area contributed by atoms with E-state index in [1.165, 1.54) is 18.4 Å². The van der Waals surface area contributed by atoms with Gasteiger partial charge in [-0.1, -0.05) is 41.4 Å². The van der Waals surface area contributed by atoms with Crippen molar-refractivity contribution in [3.05, 3.63) is 63.6 Å². The molecule has 1 fully saturated rings. The first-order valence-corrected chi connectivity index (χ1v) is 8.35. The molecule has 0 bridgehead atoms. The van der Waals surface area contributed by atoms with Crippen LogP contribution in [-0.2, 0) is 6.61 Å². The molecule has 0 saturated carbocycles. The minimum absolute atomic E-state index is 0.487. The first-order chi connectivity index (χ1) is 10.7. The number of rotatable bonds is 4. The molecule has 1 saturated heterocycles. The second-order valence-electron chi connectivity index (χ2n) is 5.65. The molecule has 0 spiro atoms. The Labute approximate surface area is 141 Å². The molecule has 4 heteroatoms.